The van der Waals surface area contributed by atoms with Gasteiger partial charge in [0.25, 0.3) is 5.56 Å². The quantitative estimate of drug-likeness (QED) is 0.474. The molecule has 4 heterocycles. The largest absolute Gasteiger partial charge is 0.459 e. The molecule has 0 atom stereocenters. The number of furan rings is 1. The molecule has 0 amide bonds. The molecule has 2 N–H and O–H groups in total. The Morgan fingerprint density at radius 2 is 2.06 bits per heavy atom. The van der Waals surface area contributed by atoms with Crippen molar-refractivity contribution in [3.63, 3.8) is 0 Å². The van der Waals surface area contributed by atoms with Gasteiger partial charge in [-0.3, -0.25) is 14.7 Å². The molecule has 1 aromatic carbocycles. The molecule has 7 heteroatoms. The van der Waals surface area contributed by atoms with Crippen molar-refractivity contribution in [2.75, 3.05) is 31.5 Å². The summed E-state index contributed by atoms with van der Waals surface area (Å²) in [6.07, 6.45) is 4.78. The lowest BCUT2D eigenvalue weighted by Crippen LogP contribution is -2.27. The van der Waals surface area contributed by atoms with Crippen molar-refractivity contribution in [1.29, 1.82) is 0 Å². The molecule has 1 aliphatic heterocycles. The second kappa shape index (κ2) is 9.60. The number of anilines is 1. The highest BCUT2D eigenvalue weighted by Gasteiger charge is 2.17. The van der Waals surface area contributed by atoms with Gasteiger partial charge in [0.15, 0.2) is 0 Å². The minimum absolute atomic E-state index is 0.0364. The molecule has 1 aliphatic rings. The van der Waals surface area contributed by atoms with E-state index in [1.807, 2.05) is 48.7 Å². The van der Waals surface area contributed by atoms with Crippen LogP contribution in [0, 0.1) is 0 Å². The number of hydrogen-bond donors (Lipinski definition) is 2. The van der Waals surface area contributed by atoms with Crippen LogP contribution in [0.1, 0.15) is 17.9 Å². The summed E-state index contributed by atoms with van der Waals surface area (Å²) in [6.45, 7) is 5.38. The number of nitrogens with zero attached hydrogens (tertiary/aromatic N) is 3. The van der Waals surface area contributed by atoms with Gasteiger partial charge < -0.3 is 19.6 Å². The Bertz CT molecular complexity index is 1290. The Morgan fingerprint density at radius 3 is 2.94 bits per heavy atom. The Morgan fingerprint density at radius 1 is 1.12 bits per heavy atom. The number of nitrogens with one attached hydrogen (secondary N) is 2. The third-order valence-corrected chi connectivity index (χ3v) is 6.09. The number of rotatable bonds is 6. The van der Waals surface area contributed by atoms with Crippen molar-refractivity contribution in [2.45, 2.75) is 19.5 Å². The molecular weight excluding hydrogens is 414 g/mol. The van der Waals surface area contributed by atoms with Crippen LogP contribution < -0.4 is 16.2 Å². The van der Waals surface area contributed by atoms with Crippen LogP contribution in [-0.2, 0) is 20.1 Å². The van der Waals surface area contributed by atoms with Gasteiger partial charge in [-0.05, 0) is 55.4 Å². The summed E-state index contributed by atoms with van der Waals surface area (Å²) in [6, 6.07) is 16.0. The van der Waals surface area contributed by atoms with Gasteiger partial charge in [-0.2, -0.15) is 0 Å². The minimum atomic E-state index is -0.0364. The number of aryl methyl sites for hydroxylation is 1. The smallest absolute Gasteiger partial charge is 0.261 e. The van der Waals surface area contributed by atoms with Crippen molar-refractivity contribution in [3.05, 3.63) is 82.7 Å². The predicted octanol–water partition coefficient (Wildman–Crippen LogP) is 3.60. The van der Waals surface area contributed by atoms with Gasteiger partial charge in [-0.15, -0.1) is 0 Å². The predicted molar refractivity (Wildman–Crippen MR) is 131 cm³/mol. The summed E-state index contributed by atoms with van der Waals surface area (Å²) in [7, 11) is 1.79. The van der Waals surface area contributed by atoms with Gasteiger partial charge in [0.2, 0.25) is 0 Å². The maximum atomic E-state index is 12.9. The van der Waals surface area contributed by atoms with E-state index in [0.29, 0.717) is 24.1 Å². The molecule has 0 aliphatic carbocycles. The van der Waals surface area contributed by atoms with Crippen LogP contribution in [0.5, 0.6) is 0 Å². The highest BCUT2D eigenvalue weighted by atomic mass is 16.3. The molecule has 33 heavy (non-hydrogen) atoms. The summed E-state index contributed by atoms with van der Waals surface area (Å²) in [5.74, 6) is 0.834. The van der Waals surface area contributed by atoms with Crippen molar-refractivity contribution >= 4 is 16.7 Å². The first kappa shape index (κ1) is 21.4. The van der Waals surface area contributed by atoms with E-state index >= 15 is 0 Å². The molecule has 1 fully saturated rings. The first-order valence-electron chi connectivity index (χ1n) is 11.5. The average Bonchev–Trinajstić information content (AvgIpc) is 3.09. The summed E-state index contributed by atoms with van der Waals surface area (Å²) in [5.41, 5.74) is 4.50. The molecular formula is C26H29N5O2. The molecule has 5 rings (SSSR count). The van der Waals surface area contributed by atoms with Crippen LogP contribution in [0.25, 0.3) is 22.1 Å². The first-order valence-corrected chi connectivity index (χ1v) is 11.5. The fraction of sp³-hybridized carbons (Fsp3) is 0.308. The number of benzene rings is 1. The minimum Gasteiger partial charge on any atom is -0.459 e. The molecule has 0 unspecified atom stereocenters. The third kappa shape index (κ3) is 4.84. The molecule has 0 bridgehead atoms. The van der Waals surface area contributed by atoms with Gasteiger partial charge in [0.05, 0.1) is 24.2 Å². The zero-order valence-corrected chi connectivity index (χ0v) is 18.9. The van der Waals surface area contributed by atoms with Crippen LogP contribution >= 0.6 is 0 Å². The number of fused-ring (bicyclic) bond motifs is 1. The molecule has 0 saturated carbocycles. The first-order chi connectivity index (χ1) is 16.2. The van der Waals surface area contributed by atoms with Gasteiger partial charge in [-0.1, -0.05) is 18.2 Å². The number of pyridine rings is 2. The number of aromatic nitrogens is 2. The Hall–Kier alpha value is -3.42. The second-order valence-corrected chi connectivity index (χ2v) is 8.55. The standard InChI is InChI=1S/C26H29N5O2/c1-30-18-24(19-6-4-8-20(14-19)29-16-21-7-2-3-10-28-21)25-23(26(30)32)15-22(33-25)17-31-12-5-9-27-11-13-31/h2-4,6-8,10,14-15,18,27,29H,5,9,11-13,16-17H2,1H3. The van der Waals surface area contributed by atoms with E-state index in [0.717, 1.165) is 60.9 Å². The van der Waals surface area contributed by atoms with Gasteiger partial charge in [-0.25, -0.2) is 0 Å². The zero-order chi connectivity index (χ0) is 22.6. The van der Waals surface area contributed by atoms with Crippen LogP contribution in [0.4, 0.5) is 5.69 Å². The fourth-order valence-corrected chi connectivity index (χ4v) is 4.36. The average molecular weight is 444 g/mol. The second-order valence-electron chi connectivity index (χ2n) is 8.55. The fourth-order valence-electron chi connectivity index (χ4n) is 4.36. The lowest BCUT2D eigenvalue weighted by atomic mass is 10.1. The van der Waals surface area contributed by atoms with Crippen molar-refractivity contribution in [1.82, 2.24) is 19.8 Å². The van der Waals surface area contributed by atoms with E-state index in [1.165, 1.54) is 0 Å². The monoisotopic (exact) mass is 443 g/mol. The SMILES string of the molecule is Cn1cc(-c2cccc(NCc3ccccn3)c2)c2oc(CN3CCCNCC3)cc2c1=O. The van der Waals surface area contributed by atoms with Crippen LogP contribution in [-0.4, -0.2) is 40.6 Å². The van der Waals surface area contributed by atoms with Crippen LogP contribution in [0.3, 0.4) is 0 Å². The lowest BCUT2D eigenvalue weighted by molar-refractivity contribution is 0.262. The summed E-state index contributed by atoms with van der Waals surface area (Å²) < 4.78 is 7.94. The molecule has 4 aromatic rings. The highest BCUT2D eigenvalue weighted by molar-refractivity contribution is 5.92. The van der Waals surface area contributed by atoms with E-state index in [9.17, 15) is 4.79 Å². The zero-order valence-electron chi connectivity index (χ0n) is 18.9. The van der Waals surface area contributed by atoms with Crippen molar-refractivity contribution in [2.24, 2.45) is 7.05 Å². The van der Waals surface area contributed by atoms with Crippen LogP contribution in [0.2, 0.25) is 0 Å². The Labute approximate surface area is 193 Å². The van der Waals surface area contributed by atoms with Crippen LogP contribution in [0.15, 0.2) is 70.1 Å². The maximum Gasteiger partial charge on any atom is 0.261 e. The summed E-state index contributed by atoms with van der Waals surface area (Å²) in [4.78, 5) is 19.6. The van der Waals surface area contributed by atoms with Gasteiger partial charge in [0, 0.05) is 43.8 Å². The topological polar surface area (TPSA) is 75.3 Å². The Balaban J connectivity index is 1.45. The molecule has 0 spiro atoms. The van der Waals surface area contributed by atoms with Crippen molar-refractivity contribution < 1.29 is 4.42 Å². The molecule has 1 saturated heterocycles. The molecule has 7 nitrogen and oxygen atoms in total. The van der Waals surface area contributed by atoms with E-state index in [-0.39, 0.29) is 5.56 Å². The number of hydrogen-bond acceptors (Lipinski definition) is 6. The third-order valence-electron chi connectivity index (χ3n) is 6.09. The normalized spacial score (nSPS) is 14.9. The van der Waals surface area contributed by atoms with E-state index < -0.39 is 0 Å². The van der Waals surface area contributed by atoms with E-state index in [1.54, 1.807) is 17.8 Å². The highest BCUT2D eigenvalue weighted by Crippen LogP contribution is 2.31. The van der Waals surface area contributed by atoms with E-state index in [4.69, 9.17) is 4.42 Å². The molecule has 3 aromatic heterocycles. The molecule has 0 radical (unpaired) electrons. The van der Waals surface area contributed by atoms with Crippen molar-refractivity contribution in [3.8, 4) is 11.1 Å². The Kier molecular flexibility index (Phi) is 6.24. The maximum absolute atomic E-state index is 12.9. The summed E-state index contributed by atoms with van der Waals surface area (Å²) in [5, 5.41) is 7.49. The molecule has 170 valence electrons. The van der Waals surface area contributed by atoms with E-state index in [2.05, 4.69) is 26.6 Å². The summed E-state index contributed by atoms with van der Waals surface area (Å²) >= 11 is 0. The lowest BCUT2D eigenvalue weighted by Gasteiger charge is -2.17. The van der Waals surface area contributed by atoms with Gasteiger partial charge in [0.1, 0.15) is 11.3 Å². The van der Waals surface area contributed by atoms with Gasteiger partial charge >= 0.3 is 0 Å².